The monoisotopic (exact) mass is 225 g/mol. The Labute approximate surface area is 67.2 Å². The van der Waals surface area contributed by atoms with Crippen LogP contribution in [0.25, 0.3) is 0 Å². The topological polar surface area (TPSA) is 0 Å². The van der Waals surface area contributed by atoms with Gasteiger partial charge in [0.2, 0.25) is 0 Å². The summed E-state index contributed by atoms with van der Waals surface area (Å²) in [7, 11) is 0. The van der Waals surface area contributed by atoms with Crippen LogP contribution in [0.3, 0.4) is 0 Å². The van der Waals surface area contributed by atoms with Gasteiger partial charge in [0.15, 0.2) is 0 Å². The smallest absolute Gasteiger partial charge is 0 e. The largest absolute Gasteiger partial charge is 0 e. The van der Waals surface area contributed by atoms with E-state index in [9.17, 15) is 0 Å². The summed E-state index contributed by atoms with van der Waals surface area (Å²) in [6.07, 6.45) is 0. The van der Waals surface area contributed by atoms with Crippen LogP contribution >= 0.6 is 0 Å². The molecule has 0 aromatic rings. The molecule has 1 radical (unpaired) electrons. The third-order valence-corrected chi connectivity index (χ3v) is 0. The van der Waals surface area contributed by atoms with Gasteiger partial charge in [-0.2, -0.15) is 0 Å². The molecule has 0 atom stereocenters. The first-order chi connectivity index (χ1) is 0. The van der Waals surface area contributed by atoms with Crippen molar-refractivity contribution in [1.29, 1.82) is 0 Å². The van der Waals surface area contributed by atoms with E-state index in [-0.39, 0.29) is 67.7 Å². The molecule has 0 saturated carbocycles. The maximum Gasteiger partial charge on any atom is 0 e. The molecule has 0 aromatic heterocycles. The van der Waals surface area contributed by atoms with Crippen LogP contribution in [-0.4, -0.2) is 0 Å². The van der Waals surface area contributed by atoms with Gasteiger partial charge in [-0.1, -0.05) is 0 Å². The molecule has 0 bridgehead atoms. The van der Waals surface area contributed by atoms with E-state index in [0.717, 1.165) is 0 Å². The molecule has 0 amide bonds. The molecule has 0 N–H and O–H groups in total. The van der Waals surface area contributed by atoms with Crippen LogP contribution in [0.15, 0.2) is 0 Å². The second-order valence-corrected chi connectivity index (χ2v) is 0. The summed E-state index contributed by atoms with van der Waals surface area (Å²) in [5, 5.41) is 0. The Morgan fingerprint density at radius 1 is 1.00 bits per heavy atom. The van der Waals surface area contributed by atoms with E-state index in [1.807, 2.05) is 0 Å². The van der Waals surface area contributed by atoms with Gasteiger partial charge in [-0.25, -0.2) is 0 Å². The van der Waals surface area contributed by atoms with Crippen LogP contribution in [0.5, 0.6) is 0 Å². The van der Waals surface area contributed by atoms with Gasteiger partial charge in [-0.05, 0) is 0 Å². The van der Waals surface area contributed by atoms with Gasteiger partial charge in [-0.3, -0.25) is 0 Å². The van der Waals surface area contributed by atoms with Crippen LogP contribution in [0.4, 0.5) is 0 Å². The van der Waals surface area contributed by atoms with E-state index >= 15 is 0 Å². The van der Waals surface area contributed by atoms with Gasteiger partial charge >= 0.3 is 0 Å². The van der Waals surface area contributed by atoms with Crippen LogP contribution < -0.4 is 0 Å². The molecule has 4 heteroatoms. The van der Waals surface area contributed by atoms with Crippen LogP contribution in [-0.2, 0) is 67.7 Å². The predicted molar refractivity (Wildman–Crippen MR) is 0 cm³/mol. The number of hydrogen-bond acceptors (Lipinski definition) is 0. The third kappa shape index (κ3) is 8.96. The normalized spacial score (nSPS) is 0. The molecule has 4 heavy (non-hydrogen) atoms. The van der Waals surface area contributed by atoms with E-state index in [1.165, 1.54) is 0 Å². The molecule has 33 valence electrons. The Balaban J connectivity index is 0. The Hall–Kier alpha value is 2.05. The molecule has 0 aliphatic rings. The van der Waals surface area contributed by atoms with Crippen molar-refractivity contribution in [3.8, 4) is 0 Å². The van der Waals surface area contributed by atoms with Crippen LogP contribution in [0.2, 0.25) is 0 Å². The van der Waals surface area contributed by atoms with Gasteiger partial charge in [-0.15, -0.1) is 0 Å². The zero-order chi connectivity index (χ0) is 0. The Kier molecular flexibility index (Phi) is 181. The van der Waals surface area contributed by atoms with Gasteiger partial charge in [0.1, 0.15) is 0 Å². The first kappa shape index (κ1) is 36.7. The molecule has 0 nitrogen and oxygen atoms in total. The van der Waals surface area contributed by atoms with Crippen molar-refractivity contribution in [2.45, 2.75) is 0 Å². The molecule has 0 fully saturated rings. The molecule has 0 spiro atoms. The van der Waals surface area contributed by atoms with Crippen molar-refractivity contribution in [1.82, 2.24) is 0 Å². The molecule has 0 unspecified atom stereocenters. The third-order valence-electron chi connectivity index (χ3n) is 0. The minimum Gasteiger partial charge on any atom is 0 e. The fraction of sp³-hybridized carbons (Fsp3) is 0. The molecule has 0 aliphatic carbocycles. The van der Waals surface area contributed by atoms with Crippen molar-refractivity contribution in [2.75, 3.05) is 0 Å². The second kappa shape index (κ2) is 19.7. The number of rotatable bonds is 0. The quantitative estimate of drug-likeness (QED) is 0.509. The Bertz CT molecular complexity index is 8.00. The zero-order valence-corrected chi connectivity index (χ0v) is 5.82. The van der Waals surface area contributed by atoms with Gasteiger partial charge < -0.3 is 0 Å². The molecule has 0 aliphatic heterocycles. The summed E-state index contributed by atoms with van der Waals surface area (Å²) in [6.45, 7) is 0. The summed E-state index contributed by atoms with van der Waals surface area (Å²) >= 11 is 0. The van der Waals surface area contributed by atoms with Crippen molar-refractivity contribution < 1.29 is 67.7 Å². The van der Waals surface area contributed by atoms with Crippen LogP contribution in [0.1, 0.15) is 0 Å². The summed E-state index contributed by atoms with van der Waals surface area (Å²) in [5.41, 5.74) is 0. The average molecular weight is 225 g/mol. The molecular formula is CoCrFeNi. The first-order valence-electron chi connectivity index (χ1n) is 0. The van der Waals surface area contributed by atoms with E-state index in [1.54, 1.807) is 0 Å². The minimum atomic E-state index is 0. The van der Waals surface area contributed by atoms with Gasteiger partial charge in [0, 0.05) is 67.7 Å². The summed E-state index contributed by atoms with van der Waals surface area (Å²) in [6, 6.07) is 0. The summed E-state index contributed by atoms with van der Waals surface area (Å²) in [5.74, 6) is 0. The standard InChI is InChI=1S/Co.Cr.Fe.Ni. The van der Waals surface area contributed by atoms with Crippen LogP contribution in [0, 0.1) is 0 Å². The molecule has 0 aromatic carbocycles. The number of hydrogen-bond donors (Lipinski definition) is 0. The van der Waals surface area contributed by atoms with Crippen molar-refractivity contribution >= 4 is 0 Å². The van der Waals surface area contributed by atoms with E-state index in [4.69, 9.17) is 0 Å². The second-order valence-electron chi connectivity index (χ2n) is 0. The predicted octanol–water partition coefficient (Wildman–Crippen LogP) is -0.0100. The fourth-order valence-electron chi connectivity index (χ4n) is 0. The maximum absolute atomic E-state index is 0. The zero-order valence-electron chi connectivity index (χ0n) is 1.41. The SMILES string of the molecule is [Co].[Cr].[Fe].[Ni]. The molecule has 0 rings (SSSR count). The Morgan fingerprint density at radius 3 is 1.00 bits per heavy atom. The van der Waals surface area contributed by atoms with Crippen molar-refractivity contribution in [2.24, 2.45) is 0 Å². The van der Waals surface area contributed by atoms with E-state index in [2.05, 4.69) is 0 Å². The molecule has 0 heterocycles. The summed E-state index contributed by atoms with van der Waals surface area (Å²) < 4.78 is 0. The van der Waals surface area contributed by atoms with E-state index in [0.29, 0.717) is 0 Å². The van der Waals surface area contributed by atoms with Gasteiger partial charge in [0.05, 0.1) is 0 Å². The summed E-state index contributed by atoms with van der Waals surface area (Å²) in [4.78, 5) is 0. The molecular weight excluding hydrogens is 225 g/mol. The first-order valence-corrected chi connectivity index (χ1v) is 0. The average Bonchev–Trinajstić information content (AvgIpc) is 0. The maximum atomic E-state index is 0. The van der Waals surface area contributed by atoms with Crippen molar-refractivity contribution in [3.05, 3.63) is 0 Å². The fourth-order valence-corrected chi connectivity index (χ4v) is 0. The Morgan fingerprint density at radius 2 is 1.00 bits per heavy atom. The van der Waals surface area contributed by atoms with Gasteiger partial charge in [0.25, 0.3) is 0 Å². The van der Waals surface area contributed by atoms with Crippen molar-refractivity contribution in [3.63, 3.8) is 0 Å². The molecule has 0 saturated heterocycles. The van der Waals surface area contributed by atoms with E-state index < -0.39 is 0 Å². The minimum absolute atomic E-state index is 0.